The van der Waals surface area contributed by atoms with Gasteiger partial charge in [0, 0.05) is 25.5 Å². The highest BCUT2D eigenvalue weighted by atomic mass is 32.2. The van der Waals surface area contributed by atoms with Gasteiger partial charge in [-0.1, -0.05) is 23.9 Å². The maximum atomic E-state index is 14.0. The first-order valence-electron chi connectivity index (χ1n) is 11.3. The first kappa shape index (κ1) is 23.3. The minimum Gasteiger partial charge on any atom is -0.305 e. The van der Waals surface area contributed by atoms with Gasteiger partial charge in [-0.3, -0.25) is 0 Å². The van der Waals surface area contributed by atoms with Gasteiger partial charge in [-0.05, 0) is 73.5 Å². The molecule has 1 saturated carbocycles. The maximum Gasteiger partial charge on any atom is 0.416 e. The molecule has 1 unspecified atom stereocenters. The quantitative estimate of drug-likeness (QED) is 0.192. The Kier molecular flexibility index (Phi) is 6.14. The summed E-state index contributed by atoms with van der Waals surface area (Å²) in [4.78, 5) is 6.13. The summed E-state index contributed by atoms with van der Waals surface area (Å²) >= 11 is 1.60. The van der Waals surface area contributed by atoms with Crippen LogP contribution in [0, 0.1) is 11.4 Å². The van der Waals surface area contributed by atoms with E-state index in [-0.39, 0.29) is 5.41 Å². The number of thioether (sulfide) groups is 1. The van der Waals surface area contributed by atoms with E-state index < -0.39 is 17.7 Å². The molecule has 2 atom stereocenters. The number of rotatable bonds is 7. The van der Waals surface area contributed by atoms with Crippen molar-refractivity contribution in [2.24, 2.45) is 12.5 Å². The fourth-order valence-electron chi connectivity index (χ4n) is 5.03. The van der Waals surface area contributed by atoms with Gasteiger partial charge >= 0.3 is 6.18 Å². The molecule has 2 aromatic heterocycles. The molecule has 0 bridgehead atoms. The molecular formula is C24H25F4N5S. The number of nitrogens with zero attached hydrogens (tertiary/aromatic N) is 5. The normalized spacial score (nSPS) is 22.6. The monoisotopic (exact) mass is 491 g/mol. The molecule has 0 radical (unpaired) electrons. The molecule has 180 valence electrons. The zero-order valence-corrected chi connectivity index (χ0v) is 19.5. The van der Waals surface area contributed by atoms with E-state index in [9.17, 15) is 17.6 Å². The first-order valence-corrected chi connectivity index (χ1v) is 12.3. The van der Waals surface area contributed by atoms with Crippen LogP contribution in [0.25, 0.3) is 11.4 Å². The van der Waals surface area contributed by atoms with Crippen molar-refractivity contribution in [3.05, 3.63) is 59.7 Å². The van der Waals surface area contributed by atoms with E-state index in [1.54, 1.807) is 40.6 Å². The molecular weight excluding hydrogens is 466 g/mol. The highest BCUT2D eigenvalue weighted by molar-refractivity contribution is 7.99. The minimum absolute atomic E-state index is 0.221. The first-order chi connectivity index (χ1) is 16.3. The Morgan fingerprint density at radius 2 is 1.94 bits per heavy atom. The second kappa shape index (κ2) is 8.96. The summed E-state index contributed by atoms with van der Waals surface area (Å²) in [6.45, 7) is 2.99. The standard InChI is InChI=1S/C24H25F4N5S/c1-32-21(18-4-2-10-29-20(18)25)30-31-22(32)34-13-3-11-33-12-9-23(15-33)14-19(23)16-5-7-17(8-6-16)24(26,27)28/h2,4-8,10,19H,3,9,11-15H2,1H3/t19?,23-/m0/s1. The second-order valence-electron chi connectivity index (χ2n) is 9.17. The van der Waals surface area contributed by atoms with Gasteiger partial charge in [0.1, 0.15) is 0 Å². The van der Waals surface area contributed by atoms with E-state index in [1.165, 1.54) is 18.3 Å². The van der Waals surface area contributed by atoms with Crippen LogP contribution in [0.5, 0.6) is 0 Å². The Labute approximate surface area is 199 Å². The minimum atomic E-state index is -4.29. The Morgan fingerprint density at radius 1 is 1.15 bits per heavy atom. The molecule has 3 heterocycles. The topological polar surface area (TPSA) is 46.8 Å². The highest BCUT2D eigenvalue weighted by Gasteiger charge is 2.57. The van der Waals surface area contributed by atoms with Crippen molar-refractivity contribution >= 4 is 11.8 Å². The molecule has 1 saturated heterocycles. The highest BCUT2D eigenvalue weighted by Crippen LogP contribution is 2.64. The summed E-state index contributed by atoms with van der Waals surface area (Å²) in [5, 5.41) is 9.06. The van der Waals surface area contributed by atoms with E-state index in [0.29, 0.717) is 17.3 Å². The van der Waals surface area contributed by atoms with Gasteiger partial charge in [-0.15, -0.1) is 10.2 Å². The van der Waals surface area contributed by atoms with E-state index in [0.717, 1.165) is 55.4 Å². The van der Waals surface area contributed by atoms with Crippen LogP contribution in [0.3, 0.4) is 0 Å². The van der Waals surface area contributed by atoms with Gasteiger partial charge in [0.2, 0.25) is 5.95 Å². The molecule has 3 aromatic rings. The average molecular weight is 492 g/mol. The van der Waals surface area contributed by atoms with Crippen molar-refractivity contribution in [3.8, 4) is 11.4 Å². The largest absolute Gasteiger partial charge is 0.416 e. The average Bonchev–Trinajstić information content (AvgIpc) is 3.16. The third-order valence-corrected chi connectivity index (χ3v) is 8.09. The third kappa shape index (κ3) is 4.57. The lowest BCUT2D eigenvalue weighted by atomic mass is 9.97. The van der Waals surface area contributed by atoms with Crippen LogP contribution < -0.4 is 0 Å². The van der Waals surface area contributed by atoms with Gasteiger partial charge < -0.3 is 9.47 Å². The lowest BCUT2D eigenvalue weighted by Gasteiger charge is -2.16. The van der Waals surface area contributed by atoms with Gasteiger partial charge in [0.25, 0.3) is 0 Å². The van der Waals surface area contributed by atoms with Gasteiger partial charge in [-0.2, -0.15) is 17.6 Å². The Bertz CT molecular complexity index is 1160. The number of likely N-dealkylation sites (tertiary alicyclic amines) is 1. The third-order valence-electron chi connectivity index (χ3n) is 6.98. The van der Waals surface area contributed by atoms with Crippen molar-refractivity contribution < 1.29 is 17.6 Å². The predicted octanol–water partition coefficient (Wildman–Crippen LogP) is 5.40. The molecule has 1 aliphatic carbocycles. The van der Waals surface area contributed by atoms with Crippen LogP contribution in [0.4, 0.5) is 17.6 Å². The summed E-state index contributed by atoms with van der Waals surface area (Å²) in [6, 6.07) is 9.00. The molecule has 1 aliphatic heterocycles. The van der Waals surface area contributed by atoms with Crippen LogP contribution in [0.1, 0.15) is 36.3 Å². The van der Waals surface area contributed by atoms with E-state index in [1.807, 2.05) is 7.05 Å². The van der Waals surface area contributed by atoms with Crippen molar-refractivity contribution in [2.75, 3.05) is 25.4 Å². The van der Waals surface area contributed by atoms with Crippen LogP contribution >= 0.6 is 11.8 Å². The van der Waals surface area contributed by atoms with Gasteiger partial charge in [-0.25, -0.2) is 4.98 Å². The van der Waals surface area contributed by atoms with E-state index in [4.69, 9.17) is 0 Å². The van der Waals surface area contributed by atoms with Crippen molar-refractivity contribution in [1.82, 2.24) is 24.6 Å². The van der Waals surface area contributed by atoms with Crippen molar-refractivity contribution in [3.63, 3.8) is 0 Å². The molecule has 1 spiro atoms. The Hall–Kier alpha value is -2.46. The SMILES string of the molecule is Cn1c(SCCCN2CC[C@]3(CC3c3ccc(C(F)(F)F)cc3)C2)nnc1-c1cccnc1F. The number of benzene rings is 1. The van der Waals surface area contributed by atoms with E-state index in [2.05, 4.69) is 20.1 Å². The number of alkyl halides is 3. The Balaban J connectivity index is 1.09. The fraction of sp³-hybridized carbons (Fsp3) is 0.458. The maximum absolute atomic E-state index is 14.0. The summed E-state index contributed by atoms with van der Waals surface area (Å²) in [5.41, 5.74) is 0.989. The lowest BCUT2D eigenvalue weighted by Crippen LogP contribution is -2.23. The number of hydrogen-bond donors (Lipinski definition) is 0. The molecule has 10 heteroatoms. The van der Waals surface area contributed by atoms with Crippen LogP contribution in [-0.2, 0) is 13.2 Å². The molecule has 5 rings (SSSR count). The van der Waals surface area contributed by atoms with E-state index >= 15 is 0 Å². The Morgan fingerprint density at radius 3 is 2.68 bits per heavy atom. The number of hydrogen-bond acceptors (Lipinski definition) is 5. The van der Waals surface area contributed by atoms with Crippen LogP contribution in [0.15, 0.2) is 47.8 Å². The summed E-state index contributed by atoms with van der Waals surface area (Å²) in [6.07, 6.45) is 0.241. The van der Waals surface area contributed by atoms with Crippen molar-refractivity contribution in [1.29, 1.82) is 0 Å². The molecule has 1 aromatic carbocycles. The molecule has 2 fully saturated rings. The fourth-order valence-corrected chi connectivity index (χ4v) is 5.86. The molecule has 5 nitrogen and oxygen atoms in total. The predicted molar refractivity (Wildman–Crippen MR) is 122 cm³/mol. The summed E-state index contributed by atoms with van der Waals surface area (Å²) in [7, 11) is 1.82. The van der Waals surface area contributed by atoms with Crippen LogP contribution in [-0.4, -0.2) is 50.0 Å². The zero-order chi connectivity index (χ0) is 23.9. The molecule has 0 amide bonds. The number of halogens is 4. The van der Waals surface area contributed by atoms with Crippen molar-refractivity contribution in [2.45, 2.75) is 36.5 Å². The second-order valence-corrected chi connectivity index (χ2v) is 10.2. The molecule has 34 heavy (non-hydrogen) atoms. The zero-order valence-electron chi connectivity index (χ0n) is 18.7. The number of pyridine rings is 1. The lowest BCUT2D eigenvalue weighted by molar-refractivity contribution is -0.137. The van der Waals surface area contributed by atoms with Gasteiger partial charge in [0.05, 0.1) is 11.1 Å². The number of aromatic nitrogens is 4. The smallest absolute Gasteiger partial charge is 0.305 e. The van der Waals surface area contributed by atoms with Crippen LogP contribution in [0.2, 0.25) is 0 Å². The summed E-state index contributed by atoms with van der Waals surface area (Å²) < 4.78 is 54.2. The molecule has 0 N–H and O–H groups in total. The molecule has 2 aliphatic rings. The summed E-state index contributed by atoms with van der Waals surface area (Å²) in [5.74, 6) is 1.12. The van der Waals surface area contributed by atoms with Gasteiger partial charge in [0.15, 0.2) is 11.0 Å².